The quantitative estimate of drug-likeness (QED) is 0.263. The number of carbonyl (C=O) groups excluding carboxylic acids is 2. The molecule has 0 radical (unpaired) electrons. The minimum atomic E-state index is -0.488. The van der Waals surface area contributed by atoms with Gasteiger partial charge in [0, 0.05) is 41.2 Å². The Bertz CT molecular complexity index is 1440. The van der Waals surface area contributed by atoms with Crippen LogP contribution in [0.15, 0.2) is 76.7 Å². The second kappa shape index (κ2) is 12.9. The third-order valence-corrected chi connectivity index (χ3v) is 6.55. The maximum Gasteiger partial charge on any atom is 0.257 e. The molecule has 2 atom stereocenters. The first kappa shape index (κ1) is 29.0. The largest absolute Gasteiger partial charge is 0.389 e. The number of halogens is 2. The van der Waals surface area contributed by atoms with Gasteiger partial charge in [-0.3, -0.25) is 19.6 Å². The predicted octanol–water partition coefficient (Wildman–Crippen LogP) is 2.69. The highest BCUT2D eigenvalue weighted by Crippen LogP contribution is 2.21. The predicted molar refractivity (Wildman–Crippen MR) is 158 cm³/mol. The molecule has 0 bridgehead atoms. The van der Waals surface area contributed by atoms with Crippen molar-refractivity contribution in [1.82, 2.24) is 10.6 Å². The standard InChI is InChI=1S/C28H27ClN6O4.ClH/c29-24-11-18(27(38)34-19-6-1-16(2-7-19)25-30-12-21(36)13-31-25)5-10-23(24)28(39)35-20-8-3-17(4-9-20)26-32-14-22(37)15-33-26;/h1-11,21-22,36-37H,12-15H2,(H,30,31)(H,32,33)(H,34,38)(H,35,39);1H. The lowest BCUT2D eigenvalue weighted by atomic mass is 10.1. The average Bonchev–Trinajstić information content (AvgIpc) is 2.95. The van der Waals surface area contributed by atoms with Crippen LogP contribution in [0.1, 0.15) is 31.8 Å². The van der Waals surface area contributed by atoms with E-state index in [1.165, 1.54) is 12.1 Å². The van der Waals surface area contributed by atoms with Gasteiger partial charge in [-0.05, 0) is 66.7 Å². The molecule has 208 valence electrons. The Morgan fingerprint density at radius 1 is 0.750 bits per heavy atom. The van der Waals surface area contributed by atoms with E-state index in [9.17, 15) is 19.8 Å². The number of carbonyl (C=O) groups is 2. The van der Waals surface area contributed by atoms with Gasteiger partial charge in [-0.15, -0.1) is 12.4 Å². The summed E-state index contributed by atoms with van der Waals surface area (Å²) >= 11 is 6.37. The number of anilines is 2. The Morgan fingerprint density at radius 3 is 1.65 bits per heavy atom. The normalized spacial score (nSPS) is 18.2. The summed E-state index contributed by atoms with van der Waals surface area (Å²) in [6.07, 6.45) is -0.974. The zero-order valence-corrected chi connectivity index (χ0v) is 22.8. The summed E-state index contributed by atoms with van der Waals surface area (Å²) in [5, 5.41) is 31.0. The van der Waals surface area contributed by atoms with E-state index in [2.05, 4.69) is 31.3 Å². The molecule has 0 saturated carbocycles. The first-order chi connectivity index (χ1) is 18.9. The lowest BCUT2D eigenvalue weighted by Crippen LogP contribution is -2.39. The molecular formula is C28H28Cl2N6O4. The fourth-order valence-electron chi connectivity index (χ4n) is 4.11. The Labute approximate surface area is 242 Å². The second-order valence-corrected chi connectivity index (χ2v) is 9.61. The van der Waals surface area contributed by atoms with Gasteiger partial charge in [-0.25, -0.2) is 0 Å². The van der Waals surface area contributed by atoms with E-state index in [0.717, 1.165) is 11.1 Å². The minimum Gasteiger partial charge on any atom is -0.389 e. The number of benzene rings is 3. The molecule has 0 fully saturated rings. The monoisotopic (exact) mass is 582 g/mol. The van der Waals surface area contributed by atoms with Gasteiger partial charge in [0.15, 0.2) is 0 Å². The molecule has 2 unspecified atom stereocenters. The van der Waals surface area contributed by atoms with Crippen molar-refractivity contribution in [3.63, 3.8) is 0 Å². The zero-order chi connectivity index (χ0) is 27.4. The van der Waals surface area contributed by atoms with Crippen molar-refractivity contribution < 1.29 is 19.8 Å². The van der Waals surface area contributed by atoms with Crippen LogP contribution in [0.4, 0.5) is 11.4 Å². The summed E-state index contributed by atoms with van der Waals surface area (Å²) in [6.45, 7) is 1.58. The molecule has 0 aromatic heterocycles. The maximum atomic E-state index is 12.8. The van der Waals surface area contributed by atoms with E-state index < -0.39 is 18.1 Å². The summed E-state index contributed by atoms with van der Waals surface area (Å²) in [5.41, 5.74) is 3.41. The molecule has 0 saturated heterocycles. The van der Waals surface area contributed by atoms with E-state index in [1.54, 1.807) is 30.3 Å². The molecule has 2 heterocycles. The fourth-order valence-corrected chi connectivity index (χ4v) is 4.38. The fraction of sp³-hybridized carbons (Fsp3) is 0.214. The summed E-state index contributed by atoms with van der Waals surface area (Å²) in [7, 11) is 0. The summed E-state index contributed by atoms with van der Waals surface area (Å²) in [4.78, 5) is 34.2. The van der Waals surface area contributed by atoms with E-state index >= 15 is 0 Å². The number of amides is 2. The van der Waals surface area contributed by atoms with Crippen molar-refractivity contribution in [2.75, 3.05) is 36.8 Å². The highest BCUT2D eigenvalue weighted by atomic mass is 35.5. The van der Waals surface area contributed by atoms with Crippen LogP contribution in [-0.4, -0.2) is 72.1 Å². The first-order valence-electron chi connectivity index (χ1n) is 12.4. The maximum absolute atomic E-state index is 12.8. The number of rotatable bonds is 6. The lowest BCUT2D eigenvalue weighted by Gasteiger charge is -2.19. The Hall–Kier alpha value is -3.96. The minimum absolute atomic E-state index is 0. The molecule has 2 aliphatic rings. The molecule has 6 N–H and O–H groups in total. The van der Waals surface area contributed by atoms with Crippen LogP contribution >= 0.6 is 24.0 Å². The van der Waals surface area contributed by atoms with E-state index in [4.69, 9.17) is 11.6 Å². The van der Waals surface area contributed by atoms with E-state index in [1.807, 2.05) is 24.3 Å². The Kier molecular flexibility index (Phi) is 9.38. The Balaban J connectivity index is 0.00000370. The lowest BCUT2D eigenvalue weighted by molar-refractivity contribution is 0.101. The number of hydrogen-bond acceptors (Lipinski definition) is 8. The van der Waals surface area contributed by atoms with Crippen molar-refractivity contribution in [1.29, 1.82) is 0 Å². The number of amidine groups is 2. The number of aliphatic imine (C=N–C) groups is 2. The van der Waals surface area contributed by atoms with Gasteiger partial charge in [0.05, 0.1) is 35.9 Å². The molecule has 3 aromatic rings. The van der Waals surface area contributed by atoms with Crippen LogP contribution in [0.25, 0.3) is 0 Å². The third-order valence-electron chi connectivity index (χ3n) is 6.24. The highest BCUT2D eigenvalue weighted by Gasteiger charge is 2.17. The van der Waals surface area contributed by atoms with Crippen molar-refractivity contribution in [3.8, 4) is 0 Å². The third kappa shape index (κ3) is 6.97. The van der Waals surface area contributed by atoms with E-state index in [-0.39, 0.29) is 28.9 Å². The van der Waals surface area contributed by atoms with Crippen LogP contribution in [-0.2, 0) is 0 Å². The SMILES string of the molecule is Cl.O=C(Nc1ccc(C2=NCC(O)CN2)cc1)c1ccc(C(=O)Nc2ccc(C3=NCC(O)CN3)cc2)c(Cl)c1. The van der Waals surface area contributed by atoms with Crippen LogP contribution < -0.4 is 21.3 Å². The second-order valence-electron chi connectivity index (χ2n) is 9.21. The first-order valence-corrected chi connectivity index (χ1v) is 12.8. The molecule has 2 aliphatic heterocycles. The number of aliphatic hydroxyl groups excluding tert-OH is 2. The molecule has 40 heavy (non-hydrogen) atoms. The van der Waals surface area contributed by atoms with Gasteiger partial charge in [0.25, 0.3) is 11.8 Å². The van der Waals surface area contributed by atoms with Gasteiger partial charge < -0.3 is 31.5 Å². The van der Waals surface area contributed by atoms with Crippen LogP contribution in [0.5, 0.6) is 0 Å². The van der Waals surface area contributed by atoms with Crippen molar-refractivity contribution in [2.45, 2.75) is 12.2 Å². The number of β-amino-alcohol motifs (C(OH)–C–C–N with tert-alkyl or cyclic N) is 2. The molecule has 5 rings (SSSR count). The molecule has 2 amide bonds. The number of aliphatic hydroxyl groups is 2. The highest BCUT2D eigenvalue weighted by molar-refractivity contribution is 6.35. The van der Waals surface area contributed by atoms with Crippen molar-refractivity contribution in [2.24, 2.45) is 9.98 Å². The topological polar surface area (TPSA) is 147 Å². The van der Waals surface area contributed by atoms with Crippen molar-refractivity contribution in [3.05, 3.63) is 94.0 Å². The molecule has 12 heteroatoms. The van der Waals surface area contributed by atoms with Gasteiger partial charge >= 0.3 is 0 Å². The van der Waals surface area contributed by atoms with E-state index in [0.29, 0.717) is 54.8 Å². The summed E-state index contributed by atoms with van der Waals surface area (Å²) < 4.78 is 0. The summed E-state index contributed by atoms with van der Waals surface area (Å²) in [5.74, 6) is 0.627. The number of nitrogens with zero attached hydrogens (tertiary/aromatic N) is 2. The van der Waals surface area contributed by atoms with Gasteiger partial charge in [0.2, 0.25) is 0 Å². The van der Waals surface area contributed by atoms with Gasteiger partial charge in [-0.1, -0.05) is 11.6 Å². The summed E-state index contributed by atoms with van der Waals surface area (Å²) in [6, 6.07) is 18.8. The van der Waals surface area contributed by atoms with Crippen LogP contribution in [0.3, 0.4) is 0 Å². The molecule has 0 spiro atoms. The molecule has 0 aliphatic carbocycles. The zero-order valence-electron chi connectivity index (χ0n) is 21.2. The number of hydrogen-bond donors (Lipinski definition) is 6. The van der Waals surface area contributed by atoms with Crippen LogP contribution in [0.2, 0.25) is 5.02 Å². The molecular weight excluding hydrogens is 555 g/mol. The Morgan fingerprint density at radius 2 is 1.23 bits per heavy atom. The smallest absolute Gasteiger partial charge is 0.257 e. The van der Waals surface area contributed by atoms with Crippen LogP contribution in [0, 0.1) is 0 Å². The van der Waals surface area contributed by atoms with Gasteiger partial charge in [0.1, 0.15) is 11.7 Å². The van der Waals surface area contributed by atoms with Crippen molar-refractivity contribution >= 4 is 58.9 Å². The van der Waals surface area contributed by atoms with Gasteiger partial charge in [-0.2, -0.15) is 0 Å². The average molecular weight is 583 g/mol. The molecule has 3 aromatic carbocycles. The number of nitrogens with one attached hydrogen (secondary N) is 4. The molecule has 10 nitrogen and oxygen atoms in total.